The van der Waals surface area contributed by atoms with Crippen LogP contribution in [0.15, 0.2) is 33.2 Å². The molecule has 0 saturated carbocycles. The van der Waals surface area contributed by atoms with Crippen LogP contribution in [0.25, 0.3) is 11.4 Å². The van der Waals surface area contributed by atoms with E-state index in [2.05, 4.69) is 20.8 Å². The molecule has 2 aromatic rings. The average Bonchev–Trinajstić information content (AvgIpc) is 3.24. The van der Waals surface area contributed by atoms with Gasteiger partial charge in [-0.1, -0.05) is 18.7 Å². The second kappa shape index (κ2) is 8.51. The third kappa shape index (κ3) is 3.91. The van der Waals surface area contributed by atoms with E-state index in [-0.39, 0.29) is 18.7 Å². The van der Waals surface area contributed by atoms with Gasteiger partial charge in [0.1, 0.15) is 5.76 Å². The predicted molar refractivity (Wildman–Crippen MR) is 104 cm³/mol. The smallest absolute Gasteiger partial charge is 0.337 e. The molecule has 3 rings (SSSR count). The van der Waals surface area contributed by atoms with E-state index >= 15 is 0 Å². The molecule has 0 fully saturated rings. The van der Waals surface area contributed by atoms with Crippen molar-refractivity contribution in [3.05, 3.63) is 29.4 Å². The largest absolute Gasteiger partial charge is 0.469 e. The van der Waals surface area contributed by atoms with Gasteiger partial charge in [-0.3, -0.25) is 0 Å². The van der Waals surface area contributed by atoms with Crippen LogP contribution in [0.5, 0.6) is 0 Å². The molecule has 0 spiro atoms. The Balaban J connectivity index is 1.85. The van der Waals surface area contributed by atoms with Crippen LogP contribution in [-0.2, 0) is 16.6 Å². The molecule has 2 amide bonds. The Hall–Kier alpha value is -2.75. The van der Waals surface area contributed by atoms with E-state index in [4.69, 9.17) is 9.15 Å². The fourth-order valence-corrected chi connectivity index (χ4v) is 3.88. The first kappa shape index (κ1) is 20.0. The summed E-state index contributed by atoms with van der Waals surface area (Å²) in [6.45, 7) is 5.79. The maximum Gasteiger partial charge on any atom is 0.337 e. The molecule has 1 aliphatic rings. The van der Waals surface area contributed by atoms with Crippen LogP contribution in [0.1, 0.15) is 26.0 Å². The van der Waals surface area contributed by atoms with Gasteiger partial charge in [0.05, 0.1) is 30.0 Å². The Kier molecular flexibility index (Phi) is 6.08. The van der Waals surface area contributed by atoms with E-state index in [9.17, 15) is 9.59 Å². The van der Waals surface area contributed by atoms with Crippen LogP contribution < -0.4 is 10.6 Å². The Morgan fingerprint density at radius 1 is 1.39 bits per heavy atom. The number of nitrogens with zero attached hydrogens (tertiary/aromatic N) is 3. The van der Waals surface area contributed by atoms with Gasteiger partial charge in [0, 0.05) is 18.5 Å². The molecule has 9 nitrogen and oxygen atoms in total. The summed E-state index contributed by atoms with van der Waals surface area (Å²) < 4.78 is 12.4. The number of hydrogen-bond donors (Lipinski definition) is 2. The third-order valence-corrected chi connectivity index (χ3v) is 5.47. The molecule has 1 atom stereocenters. The number of ether oxygens (including phenoxy) is 1. The molecule has 2 N–H and O–H groups in total. The van der Waals surface area contributed by atoms with Gasteiger partial charge < -0.3 is 24.4 Å². The van der Waals surface area contributed by atoms with Gasteiger partial charge >= 0.3 is 12.0 Å². The number of carbonyl (C=O) groups is 2. The number of aromatic nitrogens is 3. The number of carbonyl (C=O) groups excluding carboxylic acids is 2. The van der Waals surface area contributed by atoms with E-state index in [0.29, 0.717) is 34.4 Å². The topological polar surface area (TPSA) is 111 Å². The van der Waals surface area contributed by atoms with Crippen molar-refractivity contribution in [1.82, 2.24) is 25.4 Å². The highest BCUT2D eigenvalue weighted by atomic mass is 32.2. The molecule has 2 aromatic heterocycles. The van der Waals surface area contributed by atoms with Gasteiger partial charge in [0.2, 0.25) is 0 Å². The molecule has 1 aliphatic heterocycles. The highest BCUT2D eigenvalue weighted by Crippen LogP contribution is 2.28. The summed E-state index contributed by atoms with van der Waals surface area (Å²) in [6.07, 6.45) is 2.20. The van der Waals surface area contributed by atoms with Crippen molar-refractivity contribution < 1.29 is 18.7 Å². The zero-order valence-corrected chi connectivity index (χ0v) is 17.1. The first-order valence-electron chi connectivity index (χ1n) is 9.00. The van der Waals surface area contributed by atoms with Crippen molar-refractivity contribution in [3.8, 4) is 11.4 Å². The molecule has 0 bridgehead atoms. The number of aryl methyl sites for hydroxylation is 1. The lowest BCUT2D eigenvalue weighted by molar-refractivity contribution is -0.139. The zero-order valence-electron chi connectivity index (χ0n) is 16.2. The Morgan fingerprint density at radius 3 is 2.82 bits per heavy atom. The lowest BCUT2D eigenvalue weighted by Crippen LogP contribution is -2.50. The number of urea groups is 1. The van der Waals surface area contributed by atoms with Crippen molar-refractivity contribution in [2.24, 2.45) is 7.05 Å². The predicted octanol–water partition coefficient (Wildman–Crippen LogP) is 2.38. The quantitative estimate of drug-likeness (QED) is 0.537. The molecule has 0 unspecified atom stereocenters. The van der Waals surface area contributed by atoms with Crippen LogP contribution in [-0.4, -0.2) is 45.2 Å². The number of amides is 2. The molecule has 0 aliphatic carbocycles. The molecular formula is C18H23N5O4S. The summed E-state index contributed by atoms with van der Waals surface area (Å²) in [5.74, 6) is 1.38. The van der Waals surface area contributed by atoms with Crippen LogP contribution in [0, 0.1) is 6.92 Å². The van der Waals surface area contributed by atoms with E-state index in [0.717, 1.165) is 11.3 Å². The summed E-state index contributed by atoms with van der Waals surface area (Å²) in [5.41, 5.74) is 1.85. The van der Waals surface area contributed by atoms with Gasteiger partial charge in [0.15, 0.2) is 11.0 Å². The lowest BCUT2D eigenvalue weighted by Gasteiger charge is -2.28. The van der Waals surface area contributed by atoms with Crippen LogP contribution in [0.2, 0.25) is 0 Å². The van der Waals surface area contributed by atoms with E-state index in [1.165, 1.54) is 11.8 Å². The van der Waals surface area contributed by atoms with Crippen LogP contribution in [0.4, 0.5) is 4.79 Å². The third-order valence-electron chi connectivity index (χ3n) is 4.43. The van der Waals surface area contributed by atoms with Crippen molar-refractivity contribution >= 4 is 23.8 Å². The zero-order chi connectivity index (χ0) is 20.3. The van der Waals surface area contributed by atoms with E-state index in [1.807, 2.05) is 31.5 Å². The van der Waals surface area contributed by atoms with E-state index < -0.39 is 5.97 Å². The number of hydrogen-bond acceptors (Lipinski definition) is 7. The molecule has 0 saturated heterocycles. The van der Waals surface area contributed by atoms with Crippen LogP contribution in [0.3, 0.4) is 0 Å². The van der Waals surface area contributed by atoms with Crippen molar-refractivity contribution in [3.63, 3.8) is 0 Å². The SMILES string of the molecule is CCOC(=O)C1=C(CSc2nnc(-c3ccoc3C)n2C)NC(=O)N[C@H]1CC. The Bertz CT molecular complexity index is 917. The summed E-state index contributed by atoms with van der Waals surface area (Å²) in [5, 5.41) is 14.6. The first-order valence-corrected chi connectivity index (χ1v) is 9.99. The van der Waals surface area contributed by atoms with Gasteiger partial charge in [-0.2, -0.15) is 0 Å². The molecule has 150 valence electrons. The Morgan fingerprint density at radius 2 is 2.18 bits per heavy atom. The molecule has 28 heavy (non-hydrogen) atoms. The van der Waals surface area contributed by atoms with Gasteiger partial charge in [-0.05, 0) is 26.3 Å². The first-order chi connectivity index (χ1) is 13.5. The normalized spacial score (nSPS) is 16.7. The van der Waals surface area contributed by atoms with Crippen molar-refractivity contribution in [1.29, 1.82) is 0 Å². The molecule has 3 heterocycles. The minimum Gasteiger partial charge on any atom is -0.469 e. The lowest BCUT2D eigenvalue weighted by atomic mass is 10.0. The molecule has 10 heteroatoms. The second-order valence-corrected chi connectivity index (χ2v) is 7.16. The number of furan rings is 1. The molecule has 0 aromatic carbocycles. The van der Waals surface area contributed by atoms with Gasteiger partial charge in [-0.15, -0.1) is 10.2 Å². The van der Waals surface area contributed by atoms with E-state index in [1.54, 1.807) is 13.2 Å². The maximum atomic E-state index is 12.4. The standard InChI is InChI=1S/C18H23N5O4S/c1-5-12-14(16(24)26-6-2)13(20-17(25)19-12)9-28-18-22-21-15(23(18)4)11-7-8-27-10(11)3/h7-8,12H,5-6,9H2,1-4H3,(H2,19,20,25)/t12-/m0/s1. The monoisotopic (exact) mass is 405 g/mol. The van der Waals surface area contributed by atoms with Crippen molar-refractivity contribution in [2.75, 3.05) is 12.4 Å². The maximum absolute atomic E-state index is 12.4. The molecular weight excluding hydrogens is 382 g/mol. The number of esters is 1. The highest BCUT2D eigenvalue weighted by Gasteiger charge is 2.31. The van der Waals surface area contributed by atoms with Crippen molar-refractivity contribution in [2.45, 2.75) is 38.4 Å². The molecule has 0 radical (unpaired) electrons. The number of rotatable bonds is 7. The summed E-state index contributed by atoms with van der Waals surface area (Å²) in [6, 6.07) is 1.13. The summed E-state index contributed by atoms with van der Waals surface area (Å²) in [7, 11) is 1.86. The minimum atomic E-state index is -0.426. The minimum absolute atomic E-state index is 0.268. The average molecular weight is 405 g/mol. The Labute approximate surface area is 166 Å². The summed E-state index contributed by atoms with van der Waals surface area (Å²) >= 11 is 1.38. The van der Waals surface area contributed by atoms with Gasteiger partial charge in [-0.25, -0.2) is 9.59 Å². The summed E-state index contributed by atoms with van der Waals surface area (Å²) in [4.78, 5) is 24.4. The number of thioether (sulfide) groups is 1. The number of nitrogens with one attached hydrogen (secondary N) is 2. The van der Waals surface area contributed by atoms with Gasteiger partial charge in [0.25, 0.3) is 0 Å². The fourth-order valence-electron chi connectivity index (χ4n) is 3.00. The fraction of sp³-hybridized carbons (Fsp3) is 0.444. The van der Waals surface area contributed by atoms with Crippen LogP contribution >= 0.6 is 11.8 Å². The second-order valence-electron chi connectivity index (χ2n) is 6.22. The highest BCUT2D eigenvalue weighted by molar-refractivity contribution is 7.99.